The zero-order valence-electron chi connectivity index (χ0n) is 13.4. The van der Waals surface area contributed by atoms with Crippen LogP contribution in [0.25, 0.3) is 11.1 Å². The summed E-state index contributed by atoms with van der Waals surface area (Å²) in [7, 11) is 1.43. The van der Waals surface area contributed by atoms with Crippen molar-refractivity contribution in [1.82, 2.24) is 15.2 Å². The number of rotatable bonds is 4. The smallest absolute Gasteiger partial charge is 0.417 e. The number of hydrogen-bond donors (Lipinski definition) is 3. The molecule has 0 saturated carbocycles. The highest BCUT2D eigenvalue weighted by molar-refractivity contribution is 6.34. The van der Waals surface area contributed by atoms with Crippen molar-refractivity contribution in [2.75, 3.05) is 18.2 Å². The van der Waals surface area contributed by atoms with Crippen LogP contribution in [0, 0.1) is 0 Å². The molecule has 26 heavy (non-hydrogen) atoms. The number of aromatic nitrogens is 3. The van der Waals surface area contributed by atoms with Gasteiger partial charge in [0.1, 0.15) is 5.75 Å². The summed E-state index contributed by atoms with van der Waals surface area (Å²) in [5, 5.41) is 8.66. The van der Waals surface area contributed by atoms with Gasteiger partial charge in [0.2, 0.25) is 11.9 Å². The van der Waals surface area contributed by atoms with Crippen molar-refractivity contribution in [2.24, 2.45) is 0 Å². The Balaban J connectivity index is 2.12. The fourth-order valence-electron chi connectivity index (χ4n) is 2.43. The molecule has 0 radical (unpaired) electrons. The molecule has 0 fully saturated rings. The van der Waals surface area contributed by atoms with Gasteiger partial charge in [-0.25, -0.2) is 5.10 Å². The molecule has 0 aliphatic rings. The van der Waals surface area contributed by atoms with Gasteiger partial charge in [0, 0.05) is 11.3 Å². The molecule has 0 saturated heterocycles. The molecule has 0 atom stereocenters. The molecule has 0 unspecified atom stereocenters. The molecule has 0 bridgehead atoms. The van der Waals surface area contributed by atoms with Gasteiger partial charge >= 0.3 is 6.18 Å². The second kappa shape index (κ2) is 6.75. The Morgan fingerprint density at radius 2 is 2.00 bits per heavy atom. The van der Waals surface area contributed by atoms with Crippen LogP contribution in [0.15, 0.2) is 36.4 Å². The Hall–Kier alpha value is -2.94. The third kappa shape index (κ3) is 3.67. The van der Waals surface area contributed by atoms with Gasteiger partial charge in [0.05, 0.1) is 17.7 Å². The van der Waals surface area contributed by atoms with Crippen molar-refractivity contribution in [3.8, 4) is 16.9 Å². The number of anilines is 3. The van der Waals surface area contributed by atoms with Crippen LogP contribution in [0.5, 0.6) is 5.75 Å². The highest BCUT2D eigenvalue weighted by atomic mass is 35.5. The number of nitrogens with one attached hydrogen (secondary N) is 2. The van der Waals surface area contributed by atoms with Crippen molar-refractivity contribution in [2.45, 2.75) is 6.18 Å². The fourth-order valence-corrected chi connectivity index (χ4v) is 2.76. The first-order valence-corrected chi connectivity index (χ1v) is 7.66. The summed E-state index contributed by atoms with van der Waals surface area (Å²) >= 11 is 6.19. The highest BCUT2D eigenvalue weighted by Crippen LogP contribution is 2.43. The van der Waals surface area contributed by atoms with Crippen molar-refractivity contribution in [3.63, 3.8) is 0 Å². The Bertz CT molecular complexity index is 942. The molecule has 2 aromatic carbocycles. The average molecular weight is 384 g/mol. The van der Waals surface area contributed by atoms with E-state index in [0.717, 1.165) is 6.07 Å². The molecule has 1 aromatic heterocycles. The Labute approximate surface area is 151 Å². The monoisotopic (exact) mass is 383 g/mol. The van der Waals surface area contributed by atoms with E-state index in [2.05, 4.69) is 20.5 Å². The second-order valence-electron chi connectivity index (χ2n) is 5.28. The molecule has 0 aliphatic heterocycles. The van der Waals surface area contributed by atoms with E-state index in [1.54, 1.807) is 12.1 Å². The van der Waals surface area contributed by atoms with Gasteiger partial charge in [-0.15, -0.1) is 5.10 Å². The van der Waals surface area contributed by atoms with Gasteiger partial charge in [-0.1, -0.05) is 23.7 Å². The maximum Gasteiger partial charge on any atom is 0.417 e. The Morgan fingerprint density at radius 3 is 2.62 bits per heavy atom. The third-order valence-corrected chi connectivity index (χ3v) is 3.81. The van der Waals surface area contributed by atoms with Crippen molar-refractivity contribution in [1.29, 1.82) is 0 Å². The quantitative estimate of drug-likeness (QED) is 0.618. The second-order valence-corrected chi connectivity index (χ2v) is 5.69. The zero-order chi connectivity index (χ0) is 18.9. The summed E-state index contributed by atoms with van der Waals surface area (Å²) in [6.45, 7) is 0. The first-order chi connectivity index (χ1) is 12.3. The normalized spacial score (nSPS) is 11.4. The molecule has 0 aliphatic carbocycles. The van der Waals surface area contributed by atoms with Crippen LogP contribution in [0.1, 0.15) is 5.56 Å². The van der Waals surface area contributed by atoms with Gasteiger partial charge in [0.15, 0.2) is 0 Å². The molecular formula is C16H13ClF3N5O. The van der Waals surface area contributed by atoms with Gasteiger partial charge in [0.25, 0.3) is 0 Å². The third-order valence-electron chi connectivity index (χ3n) is 3.51. The van der Waals surface area contributed by atoms with Crippen LogP contribution < -0.4 is 15.8 Å². The van der Waals surface area contributed by atoms with E-state index in [4.69, 9.17) is 22.1 Å². The summed E-state index contributed by atoms with van der Waals surface area (Å²) < 4.78 is 46.0. The number of hydrogen-bond acceptors (Lipinski definition) is 5. The largest absolute Gasteiger partial charge is 0.497 e. The molecule has 0 spiro atoms. The van der Waals surface area contributed by atoms with E-state index in [1.165, 1.54) is 25.3 Å². The lowest BCUT2D eigenvalue weighted by atomic mass is 9.98. The molecule has 6 nitrogen and oxygen atoms in total. The number of nitrogen functional groups attached to an aromatic ring is 1. The number of benzene rings is 2. The summed E-state index contributed by atoms with van der Waals surface area (Å²) in [5.74, 6) is 0.480. The van der Waals surface area contributed by atoms with Gasteiger partial charge < -0.3 is 15.8 Å². The SMILES string of the molecule is COc1cccc(-c2c(Cl)cc(Nc3n[nH]c(N)n3)cc2C(F)(F)F)c1. The number of ether oxygens (including phenoxy) is 1. The van der Waals surface area contributed by atoms with Gasteiger partial charge in [-0.05, 0) is 29.8 Å². The summed E-state index contributed by atoms with van der Waals surface area (Å²) in [5.41, 5.74) is 4.73. The van der Waals surface area contributed by atoms with Crippen LogP contribution in [0.4, 0.5) is 30.8 Å². The molecule has 3 rings (SSSR count). The number of halogens is 4. The molecule has 0 amide bonds. The van der Waals surface area contributed by atoms with Crippen molar-refractivity contribution in [3.05, 3.63) is 47.0 Å². The minimum Gasteiger partial charge on any atom is -0.497 e. The lowest BCUT2D eigenvalue weighted by molar-refractivity contribution is -0.137. The number of nitrogens with zero attached hydrogens (tertiary/aromatic N) is 2. The standard InChI is InChI=1S/C16H13ClF3N5O/c1-26-10-4-2-3-8(5-10)13-11(16(18,19)20)6-9(7-12(13)17)22-15-23-14(21)24-25-15/h2-7H,1H3,(H4,21,22,23,24,25). The first kappa shape index (κ1) is 17.9. The maximum absolute atomic E-state index is 13.6. The molecule has 4 N–H and O–H groups in total. The first-order valence-electron chi connectivity index (χ1n) is 7.28. The zero-order valence-corrected chi connectivity index (χ0v) is 14.1. The van der Waals surface area contributed by atoms with Gasteiger partial charge in [-0.3, -0.25) is 0 Å². The molecule has 3 aromatic rings. The topological polar surface area (TPSA) is 88.8 Å². The van der Waals surface area contributed by atoms with E-state index < -0.39 is 11.7 Å². The summed E-state index contributed by atoms with van der Waals surface area (Å²) in [4.78, 5) is 3.79. The maximum atomic E-state index is 13.6. The molecular weight excluding hydrogens is 371 g/mol. The van der Waals surface area contributed by atoms with E-state index >= 15 is 0 Å². The number of methoxy groups -OCH3 is 1. The van der Waals surface area contributed by atoms with E-state index in [-0.39, 0.29) is 33.7 Å². The summed E-state index contributed by atoms with van der Waals surface area (Å²) in [6.07, 6.45) is -4.63. The van der Waals surface area contributed by atoms with Crippen LogP contribution in [-0.4, -0.2) is 22.3 Å². The lowest BCUT2D eigenvalue weighted by Gasteiger charge is -2.17. The minimum absolute atomic E-state index is 0.0285. The van der Waals surface area contributed by atoms with Crippen LogP contribution >= 0.6 is 11.6 Å². The van der Waals surface area contributed by atoms with Crippen molar-refractivity contribution >= 4 is 29.2 Å². The Kier molecular flexibility index (Phi) is 4.64. The predicted molar refractivity (Wildman–Crippen MR) is 92.5 cm³/mol. The number of aromatic amines is 1. The van der Waals surface area contributed by atoms with Crippen molar-refractivity contribution < 1.29 is 17.9 Å². The fraction of sp³-hybridized carbons (Fsp3) is 0.125. The molecule has 136 valence electrons. The Morgan fingerprint density at radius 1 is 1.23 bits per heavy atom. The molecule has 10 heteroatoms. The predicted octanol–water partition coefficient (Wildman–Crippen LogP) is 4.48. The number of nitrogens with two attached hydrogens (primary N) is 1. The lowest BCUT2D eigenvalue weighted by Crippen LogP contribution is -2.09. The number of H-pyrrole nitrogens is 1. The molecule has 1 heterocycles. The highest BCUT2D eigenvalue weighted by Gasteiger charge is 2.35. The van der Waals surface area contributed by atoms with E-state index in [9.17, 15) is 13.2 Å². The number of alkyl halides is 3. The van der Waals surface area contributed by atoms with E-state index in [0.29, 0.717) is 5.75 Å². The van der Waals surface area contributed by atoms with Gasteiger partial charge in [-0.2, -0.15) is 18.2 Å². The summed E-state index contributed by atoms with van der Waals surface area (Å²) in [6, 6.07) is 8.54. The van der Waals surface area contributed by atoms with Crippen LogP contribution in [-0.2, 0) is 6.18 Å². The minimum atomic E-state index is -4.63. The van der Waals surface area contributed by atoms with Crippen LogP contribution in [0.3, 0.4) is 0 Å². The van der Waals surface area contributed by atoms with E-state index in [1.807, 2.05) is 0 Å². The van der Waals surface area contributed by atoms with Crippen LogP contribution in [0.2, 0.25) is 5.02 Å². The average Bonchev–Trinajstić information content (AvgIpc) is 2.98.